The normalized spacial score (nSPS) is 15.8. The van der Waals surface area contributed by atoms with Gasteiger partial charge in [0, 0.05) is 45.9 Å². The average molecular weight is 451 g/mol. The molecule has 0 aliphatic carbocycles. The summed E-state index contributed by atoms with van der Waals surface area (Å²) in [5, 5.41) is 6.57. The summed E-state index contributed by atoms with van der Waals surface area (Å²) in [4.78, 5) is 4.57. The van der Waals surface area contributed by atoms with E-state index in [2.05, 4.69) is 22.5 Å². The molecule has 0 bridgehead atoms. The van der Waals surface area contributed by atoms with Crippen molar-refractivity contribution in [3.05, 3.63) is 24.2 Å². The van der Waals surface area contributed by atoms with Gasteiger partial charge in [-0.05, 0) is 38.3 Å². The molecule has 0 amide bonds. The number of rotatable bonds is 9. The minimum atomic E-state index is 0. The number of aliphatic imine (C=N–C) groups is 1. The van der Waals surface area contributed by atoms with Crippen molar-refractivity contribution in [3.63, 3.8) is 0 Å². The lowest BCUT2D eigenvalue weighted by Crippen LogP contribution is -2.38. The Morgan fingerprint density at radius 3 is 2.88 bits per heavy atom. The van der Waals surface area contributed by atoms with Crippen molar-refractivity contribution < 1.29 is 13.9 Å². The van der Waals surface area contributed by atoms with Gasteiger partial charge in [0.15, 0.2) is 5.96 Å². The molecule has 1 saturated heterocycles. The van der Waals surface area contributed by atoms with Crippen molar-refractivity contribution in [3.8, 4) is 0 Å². The van der Waals surface area contributed by atoms with Gasteiger partial charge in [-0.2, -0.15) is 0 Å². The summed E-state index contributed by atoms with van der Waals surface area (Å²) in [7, 11) is 0. The van der Waals surface area contributed by atoms with Gasteiger partial charge in [-0.15, -0.1) is 24.0 Å². The van der Waals surface area contributed by atoms with Crippen LogP contribution in [0, 0.1) is 0 Å². The van der Waals surface area contributed by atoms with Crippen LogP contribution in [0.2, 0.25) is 0 Å². The highest BCUT2D eigenvalue weighted by Crippen LogP contribution is 2.10. The second kappa shape index (κ2) is 13.5. The summed E-state index contributed by atoms with van der Waals surface area (Å²) in [5.74, 6) is 1.84. The van der Waals surface area contributed by atoms with E-state index in [4.69, 9.17) is 13.9 Å². The zero-order valence-corrected chi connectivity index (χ0v) is 16.8. The van der Waals surface area contributed by atoms with Gasteiger partial charge in [0.25, 0.3) is 0 Å². The fourth-order valence-electron chi connectivity index (χ4n) is 2.45. The van der Waals surface area contributed by atoms with Gasteiger partial charge >= 0.3 is 0 Å². The van der Waals surface area contributed by atoms with Gasteiger partial charge in [-0.3, -0.25) is 4.99 Å². The van der Waals surface area contributed by atoms with Crippen molar-refractivity contribution >= 4 is 29.9 Å². The van der Waals surface area contributed by atoms with Crippen molar-refractivity contribution in [1.82, 2.24) is 10.6 Å². The predicted octanol–water partition coefficient (Wildman–Crippen LogP) is 2.58. The van der Waals surface area contributed by atoms with Crippen LogP contribution in [0.5, 0.6) is 0 Å². The molecule has 6 nitrogen and oxygen atoms in total. The second-order valence-corrected chi connectivity index (χ2v) is 5.55. The highest BCUT2D eigenvalue weighted by atomic mass is 127. The summed E-state index contributed by atoms with van der Waals surface area (Å²) in [6.07, 6.45) is 5.89. The smallest absolute Gasteiger partial charge is 0.191 e. The lowest BCUT2D eigenvalue weighted by atomic mass is 10.1. The topological polar surface area (TPSA) is 68.0 Å². The number of guanidine groups is 1. The van der Waals surface area contributed by atoms with E-state index in [1.165, 1.54) is 0 Å². The van der Waals surface area contributed by atoms with Crippen LogP contribution in [0.4, 0.5) is 0 Å². The molecule has 0 aromatic carbocycles. The zero-order chi connectivity index (χ0) is 16.2. The Bertz CT molecular complexity index is 434. The molecule has 2 rings (SSSR count). The van der Waals surface area contributed by atoms with E-state index >= 15 is 0 Å². The van der Waals surface area contributed by atoms with E-state index < -0.39 is 0 Å². The number of halogens is 1. The molecule has 0 atom stereocenters. The molecule has 2 N–H and O–H groups in total. The van der Waals surface area contributed by atoms with Crippen LogP contribution < -0.4 is 10.6 Å². The van der Waals surface area contributed by atoms with Crippen LogP contribution >= 0.6 is 24.0 Å². The number of hydrogen-bond acceptors (Lipinski definition) is 4. The third-order valence-corrected chi connectivity index (χ3v) is 3.68. The zero-order valence-electron chi connectivity index (χ0n) is 14.5. The Hall–Kier alpha value is -0.800. The summed E-state index contributed by atoms with van der Waals surface area (Å²) >= 11 is 0. The quantitative estimate of drug-likeness (QED) is 0.262. The van der Waals surface area contributed by atoms with Crippen LogP contribution in [0.1, 0.15) is 31.9 Å². The molecule has 1 aromatic heterocycles. The first-order valence-corrected chi connectivity index (χ1v) is 8.62. The van der Waals surface area contributed by atoms with Gasteiger partial charge in [-0.25, -0.2) is 0 Å². The van der Waals surface area contributed by atoms with Gasteiger partial charge < -0.3 is 24.5 Å². The standard InChI is InChI=1S/C17H29N3O3.HI/c1-2-18-17(20-10-6-15-5-3-11-22-15)19-9-4-12-23-16-7-13-21-14-8-16;/h3,5,11,16H,2,4,6-10,12-14H2,1H3,(H2,18,19,20);1H. The molecule has 1 fully saturated rings. The lowest BCUT2D eigenvalue weighted by molar-refractivity contribution is -0.0318. The highest BCUT2D eigenvalue weighted by molar-refractivity contribution is 14.0. The summed E-state index contributed by atoms with van der Waals surface area (Å²) in [5.41, 5.74) is 0. The lowest BCUT2D eigenvalue weighted by Gasteiger charge is -2.22. The van der Waals surface area contributed by atoms with E-state index in [9.17, 15) is 0 Å². The summed E-state index contributed by atoms with van der Waals surface area (Å²) in [6.45, 7) is 6.90. The van der Waals surface area contributed by atoms with Gasteiger partial charge in [0.05, 0.1) is 12.4 Å². The average Bonchev–Trinajstić information content (AvgIpc) is 3.09. The molecular formula is C17H30IN3O3. The van der Waals surface area contributed by atoms with Gasteiger partial charge in [-0.1, -0.05) is 0 Å². The Morgan fingerprint density at radius 1 is 1.33 bits per heavy atom. The number of nitrogens with one attached hydrogen (secondary N) is 2. The maximum Gasteiger partial charge on any atom is 0.191 e. The van der Waals surface area contributed by atoms with Gasteiger partial charge in [0.2, 0.25) is 0 Å². The van der Waals surface area contributed by atoms with Crippen molar-refractivity contribution in [2.75, 3.05) is 39.5 Å². The third kappa shape index (κ3) is 8.89. The number of hydrogen-bond donors (Lipinski definition) is 2. The molecule has 1 aromatic rings. The first-order valence-electron chi connectivity index (χ1n) is 8.62. The van der Waals surface area contributed by atoms with E-state index in [1.54, 1.807) is 6.26 Å². The first kappa shape index (κ1) is 21.2. The second-order valence-electron chi connectivity index (χ2n) is 5.55. The Labute approximate surface area is 161 Å². The number of nitrogens with zero attached hydrogens (tertiary/aromatic N) is 1. The summed E-state index contributed by atoms with van der Waals surface area (Å²) < 4.78 is 16.5. The minimum absolute atomic E-state index is 0. The highest BCUT2D eigenvalue weighted by Gasteiger charge is 2.13. The van der Waals surface area contributed by atoms with Crippen LogP contribution in [0.25, 0.3) is 0 Å². The maximum atomic E-state index is 5.85. The molecule has 0 spiro atoms. The van der Waals surface area contributed by atoms with Crippen LogP contribution in [-0.2, 0) is 15.9 Å². The van der Waals surface area contributed by atoms with E-state index in [-0.39, 0.29) is 24.0 Å². The Morgan fingerprint density at radius 2 is 2.17 bits per heavy atom. The molecule has 24 heavy (non-hydrogen) atoms. The SMILES string of the molecule is CCNC(=NCCCOC1CCOCC1)NCCc1ccco1.I. The van der Waals surface area contributed by atoms with E-state index in [0.717, 1.165) is 76.9 Å². The van der Waals surface area contributed by atoms with Crippen molar-refractivity contribution in [1.29, 1.82) is 0 Å². The molecule has 2 heterocycles. The largest absolute Gasteiger partial charge is 0.469 e. The fraction of sp³-hybridized carbons (Fsp3) is 0.706. The first-order chi connectivity index (χ1) is 11.4. The van der Waals surface area contributed by atoms with Gasteiger partial charge in [0.1, 0.15) is 5.76 Å². The number of furan rings is 1. The minimum Gasteiger partial charge on any atom is -0.469 e. The molecule has 0 unspecified atom stereocenters. The maximum absolute atomic E-state index is 5.85. The number of ether oxygens (including phenoxy) is 2. The van der Waals surface area contributed by atoms with E-state index in [1.807, 2.05) is 12.1 Å². The Kier molecular flexibility index (Phi) is 11.9. The van der Waals surface area contributed by atoms with Crippen LogP contribution in [-0.4, -0.2) is 51.5 Å². The van der Waals surface area contributed by atoms with Crippen LogP contribution in [0.3, 0.4) is 0 Å². The summed E-state index contributed by atoms with van der Waals surface area (Å²) in [6, 6.07) is 3.90. The third-order valence-electron chi connectivity index (χ3n) is 3.68. The fourth-order valence-corrected chi connectivity index (χ4v) is 2.45. The molecular weight excluding hydrogens is 421 g/mol. The van der Waals surface area contributed by atoms with Crippen LogP contribution in [0.15, 0.2) is 27.8 Å². The van der Waals surface area contributed by atoms with Crippen molar-refractivity contribution in [2.24, 2.45) is 4.99 Å². The van der Waals surface area contributed by atoms with Crippen molar-refractivity contribution in [2.45, 2.75) is 38.7 Å². The molecule has 0 saturated carbocycles. The molecule has 7 heteroatoms. The molecule has 0 radical (unpaired) electrons. The monoisotopic (exact) mass is 451 g/mol. The molecule has 138 valence electrons. The van der Waals surface area contributed by atoms with E-state index in [0.29, 0.717) is 6.10 Å². The molecule has 1 aliphatic heterocycles. The predicted molar refractivity (Wildman–Crippen MR) is 106 cm³/mol. The molecule has 1 aliphatic rings. The Balaban J connectivity index is 0.00000288.